The van der Waals surface area contributed by atoms with E-state index in [2.05, 4.69) is 29.6 Å². The van der Waals surface area contributed by atoms with Crippen molar-refractivity contribution in [2.45, 2.75) is 12.3 Å². The molecule has 0 aliphatic rings. The highest BCUT2D eigenvalue weighted by atomic mass is 16.6. The molecule has 29 heavy (non-hydrogen) atoms. The summed E-state index contributed by atoms with van der Waals surface area (Å²) < 4.78 is 0. The number of nitro groups is 1. The van der Waals surface area contributed by atoms with Crippen LogP contribution in [0.5, 0.6) is 0 Å². The van der Waals surface area contributed by atoms with Gasteiger partial charge in [-0.25, -0.2) is 0 Å². The van der Waals surface area contributed by atoms with Crippen molar-refractivity contribution in [1.29, 1.82) is 0 Å². The molecule has 0 heterocycles. The third kappa shape index (κ3) is 5.62. The van der Waals surface area contributed by atoms with Gasteiger partial charge in [-0.3, -0.25) is 14.9 Å². The molecule has 5 heteroatoms. The molecule has 0 fully saturated rings. The maximum Gasteiger partial charge on any atom is 0.276 e. The number of hydrogen-bond acceptors (Lipinski definition) is 3. The number of amides is 1. The lowest BCUT2D eigenvalue weighted by molar-refractivity contribution is -0.385. The summed E-state index contributed by atoms with van der Waals surface area (Å²) in [5.41, 5.74) is 2.77. The highest BCUT2D eigenvalue weighted by Gasteiger charge is 2.14. The maximum atomic E-state index is 12.2. The van der Waals surface area contributed by atoms with Crippen LogP contribution in [0.15, 0.2) is 91.0 Å². The third-order valence-electron chi connectivity index (χ3n) is 4.68. The summed E-state index contributed by atoms with van der Waals surface area (Å²) in [6, 6.07) is 26.7. The Bertz CT molecular complexity index is 946. The lowest BCUT2D eigenvalue weighted by Gasteiger charge is -2.18. The molecule has 0 saturated carbocycles. The van der Waals surface area contributed by atoms with Gasteiger partial charge in [0.1, 0.15) is 0 Å². The Kier molecular flexibility index (Phi) is 6.90. The third-order valence-corrected chi connectivity index (χ3v) is 4.68. The van der Waals surface area contributed by atoms with Gasteiger partial charge in [-0.1, -0.05) is 72.8 Å². The molecule has 0 spiro atoms. The zero-order valence-corrected chi connectivity index (χ0v) is 15.9. The topological polar surface area (TPSA) is 72.2 Å². The van der Waals surface area contributed by atoms with Crippen molar-refractivity contribution >= 4 is 17.7 Å². The van der Waals surface area contributed by atoms with E-state index < -0.39 is 4.92 Å². The second kappa shape index (κ2) is 9.99. The highest BCUT2D eigenvalue weighted by molar-refractivity contribution is 5.92. The average Bonchev–Trinajstić information content (AvgIpc) is 2.76. The molecule has 0 bridgehead atoms. The number of para-hydroxylation sites is 1. The molecule has 0 aromatic heterocycles. The number of nitrogens with one attached hydrogen (secondary N) is 1. The molecule has 146 valence electrons. The Labute approximate surface area is 169 Å². The number of nitro benzene ring substituents is 1. The molecule has 3 aromatic rings. The number of carbonyl (C=O) groups is 1. The molecular weight excluding hydrogens is 364 g/mol. The van der Waals surface area contributed by atoms with Crippen molar-refractivity contribution in [2.75, 3.05) is 6.54 Å². The van der Waals surface area contributed by atoms with Crippen molar-refractivity contribution in [3.05, 3.63) is 118 Å². The minimum absolute atomic E-state index is 0.0234. The fourth-order valence-electron chi connectivity index (χ4n) is 3.26. The Hall–Kier alpha value is -3.73. The number of carbonyl (C=O) groups excluding carboxylic acids is 1. The normalized spacial score (nSPS) is 10.9. The quantitative estimate of drug-likeness (QED) is 0.338. The van der Waals surface area contributed by atoms with E-state index >= 15 is 0 Å². The molecule has 0 atom stereocenters. The van der Waals surface area contributed by atoms with Crippen molar-refractivity contribution in [1.82, 2.24) is 5.32 Å². The first-order valence-corrected chi connectivity index (χ1v) is 9.44. The first-order chi connectivity index (χ1) is 14.1. The standard InChI is InChI=1S/C24H22N2O3/c27-24(16-15-21-13-7-8-14-23(21)26(28)29)25-18-17-22(19-9-3-1-4-10-19)20-11-5-2-6-12-20/h1-16,22H,17-18H2,(H,25,27)/b16-15+. The Morgan fingerprint density at radius 2 is 1.45 bits per heavy atom. The Morgan fingerprint density at radius 1 is 0.897 bits per heavy atom. The van der Waals surface area contributed by atoms with Gasteiger partial charge in [-0.2, -0.15) is 0 Å². The molecule has 0 aliphatic carbocycles. The van der Waals surface area contributed by atoms with Crippen LogP contribution in [0.4, 0.5) is 5.69 Å². The van der Waals surface area contributed by atoms with Crippen LogP contribution >= 0.6 is 0 Å². The maximum absolute atomic E-state index is 12.2. The van der Waals surface area contributed by atoms with E-state index in [0.29, 0.717) is 12.1 Å². The van der Waals surface area contributed by atoms with Crippen LogP contribution in [-0.2, 0) is 4.79 Å². The van der Waals surface area contributed by atoms with E-state index in [4.69, 9.17) is 0 Å². The van der Waals surface area contributed by atoms with E-state index in [9.17, 15) is 14.9 Å². The predicted molar refractivity (Wildman–Crippen MR) is 114 cm³/mol. The van der Waals surface area contributed by atoms with E-state index in [1.165, 1.54) is 29.3 Å². The molecular formula is C24H22N2O3. The average molecular weight is 386 g/mol. The molecule has 0 radical (unpaired) electrons. The van der Waals surface area contributed by atoms with Crippen LogP contribution in [0.1, 0.15) is 29.0 Å². The largest absolute Gasteiger partial charge is 0.353 e. The lowest BCUT2D eigenvalue weighted by Crippen LogP contribution is -2.23. The lowest BCUT2D eigenvalue weighted by atomic mass is 9.88. The number of nitrogens with zero attached hydrogens (tertiary/aromatic N) is 1. The predicted octanol–water partition coefficient (Wildman–Crippen LogP) is 4.95. The fourth-order valence-corrected chi connectivity index (χ4v) is 3.26. The molecule has 0 unspecified atom stereocenters. The van der Waals surface area contributed by atoms with Gasteiger partial charge in [-0.05, 0) is 29.7 Å². The highest BCUT2D eigenvalue weighted by Crippen LogP contribution is 2.27. The van der Waals surface area contributed by atoms with Crippen LogP contribution < -0.4 is 5.32 Å². The molecule has 0 saturated heterocycles. The van der Waals surface area contributed by atoms with E-state index in [1.807, 2.05) is 36.4 Å². The van der Waals surface area contributed by atoms with Gasteiger partial charge in [-0.15, -0.1) is 0 Å². The second-order valence-corrected chi connectivity index (χ2v) is 6.60. The molecule has 1 amide bonds. The van der Waals surface area contributed by atoms with Crippen LogP contribution in [0.2, 0.25) is 0 Å². The SMILES string of the molecule is O=C(/C=C/c1ccccc1[N+](=O)[O-])NCCC(c1ccccc1)c1ccccc1. The van der Waals surface area contributed by atoms with Gasteiger partial charge >= 0.3 is 0 Å². The first-order valence-electron chi connectivity index (χ1n) is 9.44. The summed E-state index contributed by atoms with van der Waals surface area (Å²) in [5, 5.41) is 13.9. The minimum Gasteiger partial charge on any atom is -0.353 e. The van der Waals surface area contributed by atoms with E-state index in [0.717, 1.165) is 6.42 Å². The van der Waals surface area contributed by atoms with Gasteiger partial charge in [0.15, 0.2) is 0 Å². The summed E-state index contributed by atoms with van der Waals surface area (Å²) in [7, 11) is 0. The second-order valence-electron chi connectivity index (χ2n) is 6.60. The van der Waals surface area contributed by atoms with Gasteiger partial charge in [0.2, 0.25) is 5.91 Å². The van der Waals surface area contributed by atoms with Gasteiger partial charge < -0.3 is 5.32 Å². The molecule has 3 rings (SSSR count). The molecule has 3 aromatic carbocycles. The van der Waals surface area contributed by atoms with Gasteiger partial charge in [0, 0.05) is 24.6 Å². The summed E-state index contributed by atoms with van der Waals surface area (Å²) in [4.78, 5) is 22.8. The molecule has 5 nitrogen and oxygen atoms in total. The Balaban J connectivity index is 1.63. The van der Waals surface area contributed by atoms with Crippen LogP contribution in [0.25, 0.3) is 6.08 Å². The van der Waals surface area contributed by atoms with Crippen LogP contribution in [-0.4, -0.2) is 17.4 Å². The monoisotopic (exact) mass is 386 g/mol. The molecule has 1 N–H and O–H groups in total. The van der Waals surface area contributed by atoms with Crippen molar-refractivity contribution in [2.24, 2.45) is 0 Å². The fraction of sp³-hybridized carbons (Fsp3) is 0.125. The van der Waals surface area contributed by atoms with Crippen molar-refractivity contribution in [3.63, 3.8) is 0 Å². The van der Waals surface area contributed by atoms with Crippen molar-refractivity contribution in [3.8, 4) is 0 Å². The summed E-state index contributed by atoms with van der Waals surface area (Å²) in [6.07, 6.45) is 3.56. The summed E-state index contributed by atoms with van der Waals surface area (Å²) >= 11 is 0. The number of hydrogen-bond donors (Lipinski definition) is 1. The smallest absolute Gasteiger partial charge is 0.276 e. The Morgan fingerprint density at radius 3 is 2.03 bits per heavy atom. The number of benzene rings is 3. The number of rotatable bonds is 8. The van der Waals surface area contributed by atoms with Crippen LogP contribution in [0.3, 0.4) is 0 Å². The zero-order valence-electron chi connectivity index (χ0n) is 15.9. The first kappa shape index (κ1) is 20.0. The summed E-state index contributed by atoms with van der Waals surface area (Å²) in [5.74, 6) is -0.0973. The molecule has 0 aliphatic heterocycles. The summed E-state index contributed by atoms with van der Waals surface area (Å²) in [6.45, 7) is 0.495. The van der Waals surface area contributed by atoms with E-state index in [1.54, 1.807) is 18.2 Å². The zero-order chi connectivity index (χ0) is 20.5. The van der Waals surface area contributed by atoms with Crippen LogP contribution in [0, 0.1) is 10.1 Å². The van der Waals surface area contributed by atoms with E-state index in [-0.39, 0.29) is 17.5 Å². The van der Waals surface area contributed by atoms with Crippen molar-refractivity contribution < 1.29 is 9.72 Å². The van der Waals surface area contributed by atoms with Gasteiger partial charge in [0.25, 0.3) is 5.69 Å². The minimum atomic E-state index is -0.456. The van der Waals surface area contributed by atoms with Gasteiger partial charge in [0.05, 0.1) is 10.5 Å².